The molecule has 1 unspecified atom stereocenters. The first kappa shape index (κ1) is 12.8. The first-order chi connectivity index (χ1) is 7.72. The van der Waals surface area contributed by atoms with E-state index in [-0.39, 0.29) is 12.2 Å². The number of terminal acetylenes is 1. The van der Waals surface area contributed by atoms with Gasteiger partial charge in [-0.3, -0.25) is 0 Å². The van der Waals surface area contributed by atoms with E-state index in [0.29, 0.717) is 13.2 Å². The van der Waals surface area contributed by atoms with Crippen LogP contribution >= 0.6 is 0 Å². The Balaban J connectivity index is 2.19. The number of benzene rings is 1. The average molecular weight is 218 g/mol. The van der Waals surface area contributed by atoms with Crippen LogP contribution in [-0.2, 0) is 16.1 Å². The topological polar surface area (TPSA) is 18.5 Å². The highest BCUT2D eigenvalue weighted by molar-refractivity contribution is 5.13. The molecular formula is C14H18O2. The van der Waals surface area contributed by atoms with Crippen LogP contribution in [0.5, 0.6) is 0 Å². The smallest absolute Gasteiger partial charge is 0.115 e. The molecule has 1 rings (SSSR count). The fourth-order valence-corrected chi connectivity index (χ4v) is 1.34. The maximum absolute atomic E-state index is 5.53. The molecule has 0 aliphatic rings. The van der Waals surface area contributed by atoms with E-state index in [1.807, 2.05) is 44.2 Å². The van der Waals surface area contributed by atoms with Gasteiger partial charge in [-0.25, -0.2) is 0 Å². The molecule has 0 aliphatic heterocycles. The molecule has 0 radical (unpaired) electrons. The third-order valence-corrected chi connectivity index (χ3v) is 2.14. The molecule has 86 valence electrons. The average Bonchev–Trinajstić information content (AvgIpc) is 2.30. The van der Waals surface area contributed by atoms with Crippen molar-refractivity contribution < 1.29 is 9.47 Å². The molecule has 2 heteroatoms. The van der Waals surface area contributed by atoms with Crippen molar-refractivity contribution in [2.24, 2.45) is 0 Å². The molecular weight excluding hydrogens is 200 g/mol. The number of hydrogen-bond donors (Lipinski definition) is 0. The van der Waals surface area contributed by atoms with Crippen LogP contribution in [-0.4, -0.2) is 18.8 Å². The number of ether oxygens (including phenoxy) is 2. The van der Waals surface area contributed by atoms with Crippen molar-refractivity contribution in [2.75, 3.05) is 6.61 Å². The van der Waals surface area contributed by atoms with Crippen molar-refractivity contribution >= 4 is 0 Å². The highest BCUT2D eigenvalue weighted by atomic mass is 16.5. The Bertz CT molecular complexity index is 326. The van der Waals surface area contributed by atoms with E-state index in [2.05, 4.69) is 5.92 Å². The molecule has 0 fully saturated rings. The molecule has 1 aromatic carbocycles. The molecule has 1 aromatic rings. The lowest BCUT2D eigenvalue weighted by Crippen LogP contribution is -2.20. The van der Waals surface area contributed by atoms with Gasteiger partial charge in [0.1, 0.15) is 6.10 Å². The zero-order chi connectivity index (χ0) is 11.8. The minimum Gasteiger partial charge on any atom is -0.374 e. The fraction of sp³-hybridized carbons (Fsp3) is 0.429. The first-order valence-corrected chi connectivity index (χ1v) is 5.45. The van der Waals surface area contributed by atoms with E-state index < -0.39 is 0 Å². The van der Waals surface area contributed by atoms with Crippen LogP contribution in [0, 0.1) is 12.3 Å². The van der Waals surface area contributed by atoms with Crippen LogP contribution in [0.3, 0.4) is 0 Å². The summed E-state index contributed by atoms with van der Waals surface area (Å²) < 4.78 is 11.0. The third kappa shape index (κ3) is 4.97. The van der Waals surface area contributed by atoms with E-state index in [0.717, 1.165) is 0 Å². The highest BCUT2D eigenvalue weighted by Gasteiger charge is 2.06. The molecule has 2 nitrogen and oxygen atoms in total. The molecule has 0 amide bonds. The Hall–Kier alpha value is -1.30. The summed E-state index contributed by atoms with van der Waals surface area (Å²) in [5, 5.41) is 0. The van der Waals surface area contributed by atoms with Gasteiger partial charge < -0.3 is 9.47 Å². The van der Waals surface area contributed by atoms with Crippen molar-refractivity contribution in [3.8, 4) is 12.3 Å². The van der Waals surface area contributed by atoms with Gasteiger partial charge in [-0.2, -0.15) is 0 Å². The maximum atomic E-state index is 5.53. The van der Waals surface area contributed by atoms with Gasteiger partial charge >= 0.3 is 0 Å². The van der Waals surface area contributed by atoms with E-state index in [1.54, 1.807) is 0 Å². The molecule has 0 spiro atoms. The Labute approximate surface area is 97.6 Å². The molecule has 16 heavy (non-hydrogen) atoms. The van der Waals surface area contributed by atoms with E-state index in [4.69, 9.17) is 15.9 Å². The largest absolute Gasteiger partial charge is 0.374 e. The normalized spacial score (nSPS) is 14.1. The summed E-state index contributed by atoms with van der Waals surface area (Å²) in [6.07, 6.45) is 5.09. The molecule has 2 atom stereocenters. The minimum atomic E-state index is -0.157. The van der Waals surface area contributed by atoms with Crippen LogP contribution < -0.4 is 0 Å². The first-order valence-electron chi connectivity index (χ1n) is 5.45. The standard InChI is InChI=1S/C14H18O2/c1-4-12(2)16-13(3)10-15-11-14-8-6-5-7-9-14/h1,5-9,12-13H,10-11H2,2-3H3/t12?,13-/m1/s1. The summed E-state index contributed by atoms with van der Waals surface area (Å²) in [6.45, 7) is 4.98. The van der Waals surface area contributed by atoms with Gasteiger partial charge in [0.25, 0.3) is 0 Å². The fourth-order valence-electron chi connectivity index (χ4n) is 1.34. The van der Waals surface area contributed by atoms with E-state index in [9.17, 15) is 0 Å². The molecule has 0 saturated carbocycles. The van der Waals surface area contributed by atoms with Crippen molar-refractivity contribution in [3.63, 3.8) is 0 Å². The van der Waals surface area contributed by atoms with Crippen molar-refractivity contribution in [3.05, 3.63) is 35.9 Å². The van der Waals surface area contributed by atoms with Crippen molar-refractivity contribution in [2.45, 2.75) is 32.7 Å². The Kier molecular flexibility index (Phi) is 5.63. The van der Waals surface area contributed by atoms with E-state index in [1.165, 1.54) is 5.56 Å². The highest BCUT2D eigenvalue weighted by Crippen LogP contribution is 2.03. The summed E-state index contributed by atoms with van der Waals surface area (Å²) in [4.78, 5) is 0. The monoisotopic (exact) mass is 218 g/mol. The van der Waals surface area contributed by atoms with Crippen molar-refractivity contribution in [1.82, 2.24) is 0 Å². The van der Waals surface area contributed by atoms with Gasteiger partial charge in [0.05, 0.1) is 19.3 Å². The lowest BCUT2D eigenvalue weighted by Gasteiger charge is -2.15. The predicted molar refractivity (Wildman–Crippen MR) is 64.9 cm³/mol. The molecule has 0 N–H and O–H groups in total. The summed E-state index contributed by atoms with van der Waals surface area (Å²) >= 11 is 0. The van der Waals surface area contributed by atoms with Gasteiger partial charge in [-0.1, -0.05) is 36.3 Å². The van der Waals surface area contributed by atoms with Gasteiger partial charge in [0.2, 0.25) is 0 Å². The Morgan fingerprint density at radius 3 is 2.56 bits per heavy atom. The molecule has 0 aliphatic carbocycles. The van der Waals surface area contributed by atoms with Gasteiger partial charge in [0.15, 0.2) is 0 Å². The summed E-state index contributed by atoms with van der Waals surface area (Å²) in [6, 6.07) is 10.1. The third-order valence-electron chi connectivity index (χ3n) is 2.14. The van der Waals surface area contributed by atoms with Crippen LogP contribution in [0.1, 0.15) is 19.4 Å². The maximum Gasteiger partial charge on any atom is 0.115 e. The number of hydrogen-bond acceptors (Lipinski definition) is 2. The predicted octanol–water partition coefficient (Wildman–Crippen LogP) is 2.63. The summed E-state index contributed by atoms with van der Waals surface area (Å²) in [5.41, 5.74) is 1.17. The zero-order valence-electron chi connectivity index (χ0n) is 9.85. The second kappa shape index (κ2) is 7.05. The zero-order valence-corrected chi connectivity index (χ0v) is 9.85. The second-order valence-corrected chi connectivity index (χ2v) is 3.76. The van der Waals surface area contributed by atoms with Gasteiger partial charge in [-0.15, -0.1) is 6.42 Å². The SMILES string of the molecule is C#CC(C)O[C@H](C)COCc1ccccc1. The molecule has 0 saturated heterocycles. The van der Waals surface area contributed by atoms with Crippen LogP contribution in [0.2, 0.25) is 0 Å². The molecule has 0 aromatic heterocycles. The van der Waals surface area contributed by atoms with Crippen LogP contribution in [0.15, 0.2) is 30.3 Å². The molecule has 0 heterocycles. The number of rotatable bonds is 6. The lowest BCUT2D eigenvalue weighted by atomic mass is 10.2. The van der Waals surface area contributed by atoms with Gasteiger partial charge in [0, 0.05) is 0 Å². The Morgan fingerprint density at radius 1 is 1.25 bits per heavy atom. The van der Waals surface area contributed by atoms with Crippen LogP contribution in [0.25, 0.3) is 0 Å². The quantitative estimate of drug-likeness (QED) is 0.683. The Morgan fingerprint density at radius 2 is 1.94 bits per heavy atom. The molecule has 0 bridgehead atoms. The summed E-state index contributed by atoms with van der Waals surface area (Å²) in [7, 11) is 0. The second-order valence-electron chi connectivity index (χ2n) is 3.76. The summed E-state index contributed by atoms with van der Waals surface area (Å²) in [5.74, 6) is 2.53. The minimum absolute atomic E-state index is 0.0229. The van der Waals surface area contributed by atoms with Gasteiger partial charge in [-0.05, 0) is 19.4 Å². The van der Waals surface area contributed by atoms with Crippen LogP contribution in [0.4, 0.5) is 0 Å². The lowest BCUT2D eigenvalue weighted by molar-refractivity contribution is -0.0269. The van der Waals surface area contributed by atoms with Crippen molar-refractivity contribution in [1.29, 1.82) is 0 Å². The van der Waals surface area contributed by atoms with E-state index >= 15 is 0 Å².